The van der Waals surface area contributed by atoms with E-state index in [4.69, 9.17) is 0 Å². The van der Waals surface area contributed by atoms with Gasteiger partial charge in [0.2, 0.25) is 0 Å². The third-order valence-electron chi connectivity index (χ3n) is 5.20. The number of carbonyl (C=O) groups is 3. The summed E-state index contributed by atoms with van der Waals surface area (Å²) in [4.78, 5) is 36.2. The van der Waals surface area contributed by atoms with E-state index in [9.17, 15) is 14.4 Å². The van der Waals surface area contributed by atoms with Gasteiger partial charge in [-0.15, -0.1) is 0 Å². The number of hydrogen-bond donors (Lipinski definition) is 3. The summed E-state index contributed by atoms with van der Waals surface area (Å²) in [6.45, 7) is 6.10. The van der Waals surface area contributed by atoms with Crippen LogP contribution in [0, 0.1) is 18.8 Å². The van der Waals surface area contributed by atoms with Crippen molar-refractivity contribution in [3.05, 3.63) is 29.3 Å². The minimum Gasteiger partial charge on any atom is -0.355 e. The fourth-order valence-corrected chi connectivity index (χ4v) is 3.24. The topological polar surface area (TPSA) is 87.3 Å². The molecule has 3 N–H and O–H groups in total. The molecule has 1 saturated carbocycles. The molecule has 6 heteroatoms. The fraction of sp³-hybridized carbons (Fsp3) is 0.526. The molecule has 0 saturated heterocycles. The average Bonchev–Trinajstić information content (AvgIpc) is 2.60. The molecular formula is C19H27N3O3. The zero-order chi connectivity index (χ0) is 18.6. The van der Waals surface area contributed by atoms with Crippen molar-refractivity contribution in [3.8, 4) is 0 Å². The Kier molecular flexibility index (Phi) is 6.17. The first-order chi connectivity index (χ1) is 11.8. The number of rotatable bonds is 3. The summed E-state index contributed by atoms with van der Waals surface area (Å²) in [5, 5.41) is 8.01. The van der Waals surface area contributed by atoms with Gasteiger partial charge in [0.1, 0.15) is 0 Å². The highest BCUT2D eigenvalue weighted by atomic mass is 16.2. The normalized spacial score (nSPS) is 22.8. The number of anilines is 1. The van der Waals surface area contributed by atoms with Crippen LogP contribution in [0.3, 0.4) is 0 Å². The van der Waals surface area contributed by atoms with Gasteiger partial charge < -0.3 is 16.0 Å². The molecule has 0 aliphatic heterocycles. The van der Waals surface area contributed by atoms with E-state index < -0.39 is 11.8 Å². The van der Waals surface area contributed by atoms with Crippen LogP contribution in [0.5, 0.6) is 0 Å². The summed E-state index contributed by atoms with van der Waals surface area (Å²) in [6.07, 6.45) is 3.12. The summed E-state index contributed by atoms with van der Waals surface area (Å²) in [5.74, 6) is -0.694. The van der Waals surface area contributed by atoms with Crippen LogP contribution in [0.1, 0.15) is 49.0 Å². The van der Waals surface area contributed by atoms with E-state index in [1.807, 2.05) is 6.92 Å². The first kappa shape index (κ1) is 19.0. The molecule has 0 bridgehead atoms. The second-order valence-corrected chi connectivity index (χ2v) is 6.91. The third-order valence-corrected chi connectivity index (χ3v) is 5.20. The van der Waals surface area contributed by atoms with Crippen LogP contribution in [0.2, 0.25) is 0 Å². The number of amides is 3. The molecule has 0 unspecified atom stereocenters. The van der Waals surface area contributed by atoms with Gasteiger partial charge in [-0.2, -0.15) is 0 Å². The van der Waals surface area contributed by atoms with Crippen molar-refractivity contribution < 1.29 is 14.4 Å². The van der Waals surface area contributed by atoms with E-state index in [0.29, 0.717) is 23.1 Å². The van der Waals surface area contributed by atoms with Crippen LogP contribution in [0.25, 0.3) is 0 Å². The van der Waals surface area contributed by atoms with Crippen molar-refractivity contribution in [2.45, 2.75) is 46.1 Å². The molecule has 1 aromatic rings. The highest BCUT2D eigenvalue weighted by Gasteiger charge is 2.29. The second-order valence-electron chi connectivity index (χ2n) is 6.91. The monoisotopic (exact) mass is 345 g/mol. The van der Waals surface area contributed by atoms with Crippen molar-refractivity contribution in [3.63, 3.8) is 0 Å². The number of aryl methyl sites for hydroxylation is 1. The van der Waals surface area contributed by atoms with Gasteiger partial charge in [-0.05, 0) is 42.9 Å². The number of benzene rings is 1. The van der Waals surface area contributed by atoms with Gasteiger partial charge in [0, 0.05) is 24.3 Å². The van der Waals surface area contributed by atoms with Crippen molar-refractivity contribution >= 4 is 23.4 Å². The third kappa shape index (κ3) is 4.59. The minimum absolute atomic E-state index is 0.0281. The zero-order valence-electron chi connectivity index (χ0n) is 15.3. The van der Waals surface area contributed by atoms with E-state index in [-0.39, 0.29) is 11.9 Å². The fourth-order valence-electron chi connectivity index (χ4n) is 3.24. The Morgan fingerprint density at radius 2 is 1.80 bits per heavy atom. The lowest BCUT2D eigenvalue weighted by molar-refractivity contribution is -0.137. The molecule has 0 spiro atoms. The van der Waals surface area contributed by atoms with Crippen molar-refractivity contribution in [2.24, 2.45) is 11.8 Å². The number of carbonyl (C=O) groups excluding carboxylic acids is 3. The van der Waals surface area contributed by atoms with Gasteiger partial charge in [0.05, 0.1) is 0 Å². The lowest BCUT2D eigenvalue weighted by Crippen LogP contribution is -2.47. The Balaban J connectivity index is 2.03. The van der Waals surface area contributed by atoms with E-state index >= 15 is 0 Å². The quantitative estimate of drug-likeness (QED) is 0.734. The van der Waals surface area contributed by atoms with Crippen molar-refractivity contribution in [1.82, 2.24) is 10.6 Å². The summed E-state index contributed by atoms with van der Waals surface area (Å²) in [6, 6.07) is 5.02. The SMILES string of the molecule is CNC(=O)c1ccc(C)c(NC(=O)C(=O)N[C@@H]2CCC[C@@H](C)[C@@H]2C)c1. The van der Waals surface area contributed by atoms with E-state index in [2.05, 4.69) is 29.8 Å². The Bertz CT molecular complexity index is 672. The highest BCUT2D eigenvalue weighted by molar-refractivity contribution is 6.39. The van der Waals surface area contributed by atoms with E-state index in [1.165, 1.54) is 0 Å². The lowest BCUT2D eigenvalue weighted by atomic mass is 9.78. The lowest BCUT2D eigenvalue weighted by Gasteiger charge is -2.34. The van der Waals surface area contributed by atoms with Crippen molar-refractivity contribution in [1.29, 1.82) is 0 Å². The predicted molar refractivity (Wildman–Crippen MR) is 97.3 cm³/mol. The molecule has 0 radical (unpaired) electrons. The molecule has 1 aliphatic carbocycles. The maximum atomic E-state index is 12.3. The predicted octanol–water partition coefficient (Wildman–Crippen LogP) is 2.23. The summed E-state index contributed by atoms with van der Waals surface area (Å²) < 4.78 is 0. The van der Waals surface area contributed by atoms with Crippen molar-refractivity contribution in [2.75, 3.05) is 12.4 Å². The molecule has 3 amide bonds. The summed E-state index contributed by atoms with van der Waals surface area (Å²) in [7, 11) is 1.54. The van der Waals surface area contributed by atoms with Crippen LogP contribution >= 0.6 is 0 Å². The molecule has 136 valence electrons. The van der Waals surface area contributed by atoms with Crippen LogP contribution in [0.4, 0.5) is 5.69 Å². The van der Waals surface area contributed by atoms with Gasteiger partial charge in [-0.1, -0.05) is 32.8 Å². The summed E-state index contributed by atoms with van der Waals surface area (Å²) >= 11 is 0. The first-order valence-electron chi connectivity index (χ1n) is 8.78. The molecule has 1 aliphatic rings. The maximum Gasteiger partial charge on any atom is 0.313 e. The summed E-state index contributed by atoms with van der Waals surface area (Å²) in [5.41, 5.74) is 1.68. The zero-order valence-corrected chi connectivity index (χ0v) is 15.3. The second kappa shape index (κ2) is 8.14. The van der Waals surface area contributed by atoms with Gasteiger partial charge in [-0.25, -0.2) is 0 Å². The number of nitrogens with one attached hydrogen (secondary N) is 3. The van der Waals surface area contributed by atoms with Crippen LogP contribution < -0.4 is 16.0 Å². The average molecular weight is 345 g/mol. The van der Waals surface area contributed by atoms with Gasteiger partial charge in [0.15, 0.2) is 0 Å². The number of hydrogen-bond acceptors (Lipinski definition) is 3. The maximum absolute atomic E-state index is 12.3. The van der Waals surface area contributed by atoms with Gasteiger partial charge in [0.25, 0.3) is 5.91 Å². The van der Waals surface area contributed by atoms with E-state index in [1.54, 1.807) is 25.2 Å². The first-order valence-corrected chi connectivity index (χ1v) is 8.78. The van der Waals surface area contributed by atoms with Crippen LogP contribution in [-0.2, 0) is 9.59 Å². The smallest absolute Gasteiger partial charge is 0.313 e. The van der Waals surface area contributed by atoms with Gasteiger partial charge >= 0.3 is 11.8 Å². The molecule has 6 nitrogen and oxygen atoms in total. The Morgan fingerprint density at radius 3 is 2.48 bits per heavy atom. The Hall–Kier alpha value is -2.37. The van der Waals surface area contributed by atoms with E-state index in [0.717, 1.165) is 24.8 Å². The van der Waals surface area contributed by atoms with Gasteiger partial charge in [-0.3, -0.25) is 14.4 Å². The molecular weight excluding hydrogens is 318 g/mol. The molecule has 1 aromatic carbocycles. The largest absolute Gasteiger partial charge is 0.355 e. The highest BCUT2D eigenvalue weighted by Crippen LogP contribution is 2.29. The molecule has 25 heavy (non-hydrogen) atoms. The molecule has 0 aromatic heterocycles. The molecule has 2 rings (SSSR count). The Labute approximate surface area is 148 Å². The molecule has 3 atom stereocenters. The Morgan fingerprint density at radius 1 is 1.08 bits per heavy atom. The molecule has 0 heterocycles. The van der Waals surface area contributed by atoms with Crippen LogP contribution in [-0.4, -0.2) is 30.8 Å². The standard InChI is InChI=1S/C19H27N3O3/c1-11-6-5-7-15(13(11)3)21-18(24)19(25)22-16-10-14(17(23)20-4)9-8-12(16)2/h8-11,13,15H,5-7H2,1-4H3,(H,20,23)(H,21,24)(H,22,25)/t11-,13+,15-/m1/s1. The van der Waals surface area contributed by atoms with Crippen LogP contribution in [0.15, 0.2) is 18.2 Å². The minimum atomic E-state index is -0.706. The molecule has 1 fully saturated rings.